The topological polar surface area (TPSA) is 133 Å². The predicted molar refractivity (Wildman–Crippen MR) is 116 cm³/mol. The molecule has 0 spiro atoms. The Kier molecular flexibility index (Phi) is 5.89. The number of furan rings is 1. The van der Waals surface area contributed by atoms with E-state index in [4.69, 9.17) is 9.56 Å². The van der Waals surface area contributed by atoms with Crippen LogP contribution in [0.2, 0.25) is 0 Å². The van der Waals surface area contributed by atoms with E-state index in [-0.39, 0.29) is 16.6 Å². The van der Waals surface area contributed by atoms with Gasteiger partial charge in [-0.05, 0) is 42.5 Å². The van der Waals surface area contributed by atoms with Crippen LogP contribution >= 0.6 is 11.8 Å². The maximum Gasteiger partial charge on any atom is 0.238 e. The van der Waals surface area contributed by atoms with Crippen molar-refractivity contribution >= 4 is 33.4 Å². The number of hydrogen-bond donors (Lipinski definition) is 2. The lowest BCUT2D eigenvalue weighted by Crippen LogP contribution is -2.16. The van der Waals surface area contributed by atoms with Crippen LogP contribution < -0.4 is 10.5 Å². The molecule has 3 N–H and O–H groups in total. The minimum absolute atomic E-state index is 0.0305. The number of para-hydroxylation sites is 1. The summed E-state index contributed by atoms with van der Waals surface area (Å²) >= 11 is 1.19. The molecule has 0 saturated carbocycles. The third-order valence-electron chi connectivity index (χ3n) is 4.17. The SMILES string of the molecule is NS(=O)(=O)c1cccc(NC(=O)CSc2nnc(-c3ccco3)n2-c2ccccc2)c1. The third kappa shape index (κ3) is 4.85. The van der Waals surface area contributed by atoms with Crippen molar-refractivity contribution in [2.24, 2.45) is 5.14 Å². The van der Waals surface area contributed by atoms with E-state index in [1.165, 1.54) is 30.0 Å². The Morgan fingerprint density at radius 2 is 1.87 bits per heavy atom. The smallest absolute Gasteiger partial charge is 0.238 e. The number of benzene rings is 2. The number of amides is 1. The average molecular weight is 456 g/mol. The average Bonchev–Trinajstić information content (AvgIpc) is 3.42. The summed E-state index contributed by atoms with van der Waals surface area (Å²) in [6.45, 7) is 0. The Morgan fingerprint density at radius 1 is 1.06 bits per heavy atom. The largest absolute Gasteiger partial charge is 0.461 e. The van der Waals surface area contributed by atoms with Gasteiger partial charge in [-0.15, -0.1) is 10.2 Å². The molecule has 2 aromatic heterocycles. The van der Waals surface area contributed by atoms with Gasteiger partial charge in [-0.2, -0.15) is 0 Å². The Hall–Kier alpha value is -3.41. The fourth-order valence-corrected chi connectivity index (χ4v) is 4.13. The van der Waals surface area contributed by atoms with Gasteiger partial charge in [0, 0.05) is 11.4 Å². The van der Waals surface area contributed by atoms with Gasteiger partial charge in [-0.1, -0.05) is 36.0 Å². The number of nitrogens with two attached hydrogens (primary N) is 1. The van der Waals surface area contributed by atoms with Crippen LogP contribution in [0.5, 0.6) is 0 Å². The normalized spacial score (nSPS) is 11.4. The summed E-state index contributed by atoms with van der Waals surface area (Å²) in [5.74, 6) is 0.758. The summed E-state index contributed by atoms with van der Waals surface area (Å²) in [5, 5.41) is 16.7. The van der Waals surface area contributed by atoms with Gasteiger partial charge in [-0.3, -0.25) is 9.36 Å². The van der Waals surface area contributed by atoms with E-state index in [0.29, 0.717) is 22.4 Å². The minimum Gasteiger partial charge on any atom is -0.461 e. The zero-order valence-electron chi connectivity index (χ0n) is 16.0. The molecule has 0 unspecified atom stereocenters. The first-order valence-corrected chi connectivity index (χ1v) is 11.6. The van der Waals surface area contributed by atoms with Gasteiger partial charge in [0.05, 0.1) is 16.9 Å². The summed E-state index contributed by atoms with van der Waals surface area (Å²) < 4.78 is 30.2. The molecule has 2 aromatic carbocycles. The van der Waals surface area contributed by atoms with Crippen LogP contribution in [-0.4, -0.2) is 34.8 Å². The number of rotatable bonds is 7. The lowest BCUT2D eigenvalue weighted by molar-refractivity contribution is -0.113. The van der Waals surface area contributed by atoms with E-state index in [0.717, 1.165) is 5.69 Å². The van der Waals surface area contributed by atoms with Gasteiger partial charge in [0.2, 0.25) is 21.8 Å². The molecule has 31 heavy (non-hydrogen) atoms. The van der Waals surface area contributed by atoms with Crippen LogP contribution in [0, 0.1) is 0 Å². The van der Waals surface area contributed by atoms with E-state index in [1.54, 1.807) is 29.0 Å². The van der Waals surface area contributed by atoms with Gasteiger partial charge < -0.3 is 9.73 Å². The van der Waals surface area contributed by atoms with Crippen LogP contribution in [0.4, 0.5) is 5.69 Å². The highest BCUT2D eigenvalue weighted by molar-refractivity contribution is 7.99. The third-order valence-corrected chi connectivity index (χ3v) is 6.01. The Bertz CT molecular complexity index is 1300. The maximum absolute atomic E-state index is 12.4. The molecule has 0 saturated heterocycles. The minimum atomic E-state index is -3.86. The van der Waals surface area contributed by atoms with Gasteiger partial charge in [-0.25, -0.2) is 13.6 Å². The van der Waals surface area contributed by atoms with Crippen molar-refractivity contribution in [3.63, 3.8) is 0 Å². The van der Waals surface area contributed by atoms with Crippen molar-refractivity contribution in [2.45, 2.75) is 10.1 Å². The molecule has 0 radical (unpaired) electrons. The number of aromatic nitrogens is 3. The highest BCUT2D eigenvalue weighted by Crippen LogP contribution is 2.28. The summed E-state index contributed by atoms with van der Waals surface area (Å²) in [6, 6.07) is 18.8. The van der Waals surface area contributed by atoms with Crippen LogP contribution in [0.1, 0.15) is 0 Å². The molecule has 0 aliphatic carbocycles. The molecule has 0 atom stereocenters. The number of primary sulfonamides is 1. The number of carbonyl (C=O) groups is 1. The maximum atomic E-state index is 12.4. The quantitative estimate of drug-likeness (QED) is 0.409. The second-order valence-electron chi connectivity index (χ2n) is 6.36. The van der Waals surface area contributed by atoms with Crippen molar-refractivity contribution in [1.29, 1.82) is 0 Å². The van der Waals surface area contributed by atoms with Crippen molar-refractivity contribution in [3.05, 3.63) is 73.0 Å². The number of anilines is 1. The van der Waals surface area contributed by atoms with Crippen LogP contribution in [0.15, 0.2) is 87.5 Å². The molecule has 4 aromatic rings. The zero-order valence-corrected chi connectivity index (χ0v) is 17.6. The number of hydrogen-bond acceptors (Lipinski definition) is 7. The van der Waals surface area contributed by atoms with Crippen molar-refractivity contribution in [3.8, 4) is 17.3 Å². The van der Waals surface area contributed by atoms with Crippen LogP contribution in [0.3, 0.4) is 0 Å². The van der Waals surface area contributed by atoms with E-state index in [1.807, 2.05) is 30.3 Å². The Labute approximate surface area is 182 Å². The predicted octanol–water partition coefficient (Wildman–Crippen LogP) is 2.91. The van der Waals surface area contributed by atoms with Gasteiger partial charge in [0.15, 0.2) is 10.9 Å². The second-order valence-corrected chi connectivity index (χ2v) is 8.87. The van der Waals surface area contributed by atoms with E-state index < -0.39 is 10.0 Å². The van der Waals surface area contributed by atoms with E-state index >= 15 is 0 Å². The highest BCUT2D eigenvalue weighted by Gasteiger charge is 2.19. The fraction of sp³-hybridized carbons (Fsp3) is 0.0500. The zero-order chi connectivity index (χ0) is 21.8. The summed E-state index contributed by atoms with van der Waals surface area (Å²) in [4.78, 5) is 12.4. The molecule has 0 fully saturated rings. The van der Waals surface area contributed by atoms with Gasteiger partial charge in [0.1, 0.15) is 0 Å². The molecule has 4 rings (SSSR count). The van der Waals surface area contributed by atoms with Crippen molar-refractivity contribution in [2.75, 3.05) is 11.1 Å². The lowest BCUT2D eigenvalue weighted by atomic mass is 10.3. The Morgan fingerprint density at radius 3 is 2.58 bits per heavy atom. The summed E-state index contributed by atoms with van der Waals surface area (Å²) in [5.41, 5.74) is 1.15. The van der Waals surface area contributed by atoms with Crippen molar-refractivity contribution < 1.29 is 17.6 Å². The molecule has 11 heteroatoms. The van der Waals surface area contributed by atoms with Gasteiger partial charge in [0.25, 0.3) is 0 Å². The molecular weight excluding hydrogens is 438 g/mol. The molecule has 2 heterocycles. The lowest BCUT2D eigenvalue weighted by Gasteiger charge is -2.09. The number of thioether (sulfide) groups is 1. The highest BCUT2D eigenvalue weighted by atomic mass is 32.2. The molecule has 0 aliphatic heterocycles. The van der Waals surface area contributed by atoms with Gasteiger partial charge >= 0.3 is 0 Å². The van der Waals surface area contributed by atoms with Crippen molar-refractivity contribution in [1.82, 2.24) is 14.8 Å². The standard InChI is InChI=1S/C20H17N5O4S2/c21-31(27,28)16-9-4-6-14(12-16)22-18(26)13-30-20-24-23-19(17-10-5-11-29-17)25(20)15-7-2-1-3-8-15/h1-12H,13H2,(H,22,26)(H2,21,27,28). The molecule has 158 valence electrons. The molecular formula is C20H17N5O4S2. The summed E-state index contributed by atoms with van der Waals surface area (Å²) in [6.07, 6.45) is 1.55. The first-order chi connectivity index (χ1) is 14.9. The molecule has 0 bridgehead atoms. The monoisotopic (exact) mass is 455 g/mol. The second kappa shape index (κ2) is 8.76. The van der Waals surface area contributed by atoms with E-state index in [2.05, 4.69) is 15.5 Å². The Balaban J connectivity index is 1.53. The summed E-state index contributed by atoms with van der Waals surface area (Å²) in [7, 11) is -3.86. The molecule has 1 amide bonds. The molecule has 9 nitrogen and oxygen atoms in total. The fourth-order valence-electron chi connectivity index (χ4n) is 2.82. The van der Waals surface area contributed by atoms with Crippen LogP contribution in [-0.2, 0) is 14.8 Å². The number of carbonyl (C=O) groups excluding carboxylic acids is 1. The number of nitrogens with zero attached hydrogens (tertiary/aromatic N) is 3. The van der Waals surface area contributed by atoms with E-state index in [9.17, 15) is 13.2 Å². The first kappa shape index (κ1) is 20.8. The van der Waals surface area contributed by atoms with Crippen LogP contribution in [0.25, 0.3) is 17.3 Å². The number of nitrogens with one attached hydrogen (secondary N) is 1. The molecule has 0 aliphatic rings. The number of sulfonamides is 1. The first-order valence-electron chi connectivity index (χ1n) is 9.02.